The van der Waals surface area contributed by atoms with Gasteiger partial charge in [-0.2, -0.15) is 26.3 Å². The maximum absolute atomic E-state index is 13.3. The van der Waals surface area contributed by atoms with Gasteiger partial charge in [0.25, 0.3) is 0 Å². The number of hydrogen-bond acceptors (Lipinski definition) is 4. The molecule has 2 atom stereocenters. The van der Waals surface area contributed by atoms with Crippen molar-refractivity contribution in [2.75, 3.05) is 6.54 Å². The van der Waals surface area contributed by atoms with Crippen LogP contribution in [0.3, 0.4) is 0 Å². The monoisotopic (exact) mass is 477 g/mol. The van der Waals surface area contributed by atoms with Crippen LogP contribution in [0.4, 0.5) is 30.7 Å². The number of alkyl halides is 6. The highest BCUT2D eigenvalue weighted by atomic mass is 32.2. The first-order valence-corrected chi connectivity index (χ1v) is 10.3. The molecule has 0 spiro atoms. The second-order valence-electron chi connectivity index (χ2n) is 7.43. The fraction of sp³-hybridized carbons (Fsp3) is 0.529. The van der Waals surface area contributed by atoms with E-state index in [-0.39, 0.29) is 11.0 Å². The summed E-state index contributed by atoms with van der Waals surface area (Å²) in [6.07, 6.45) is -12.4. The molecular weight excluding hydrogens is 463 g/mol. The molecule has 6 nitrogen and oxygen atoms in total. The number of carbonyl (C=O) groups excluding carboxylic acids is 1. The summed E-state index contributed by atoms with van der Waals surface area (Å²) in [6, 6.07) is -1.21. The number of aliphatic carboxylic acids is 1. The van der Waals surface area contributed by atoms with Crippen molar-refractivity contribution in [2.24, 2.45) is 5.41 Å². The van der Waals surface area contributed by atoms with Crippen molar-refractivity contribution < 1.29 is 53.8 Å². The molecule has 14 heteroatoms. The minimum Gasteiger partial charge on any atom is -0.480 e. The first-order chi connectivity index (χ1) is 14.0. The smallest absolute Gasteiger partial charge is 0.417 e. The normalized spacial score (nSPS) is 23.6. The van der Waals surface area contributed by atoms with Crippen molar-refractivity contribution in [1.29, 1.82) is 0 Å². The van der Waals surface area contributed by atoms with Gasteiger partial charge in [0, 0.05) is 6.54 Å². The molecule has 1 aliphatic heterocycles. The van der Waals surface area contributed by atoms with E-state index in [1.807, 2.05) is 0 Å². The summed E-state index contributed by atoms with van der Waals surface area (Å²) in [7, 11) is -4.99. The number of hydrogen-bond donors (Lipinski definition) is 1. The molecule has 0 unspecified atom stereocenters. The summed E-state index contributed by atoms with van der Waals surface area (Å²) in [5.41, 5.74) is -4.66. The third-order valence-electron chi connectivity index (χ3n) is 5.50. The number of carboxylic acid groups (broad SMARTS) is 1. The fourth-order valence-corrected chi connectivity index (χ4v) is 5.54. The van der Waals surface area contributed by atoms with E-state index in [9.17, 15) is 53.8 Å². The maximum atomic E-state index is 13.3. The Kier molecular flexibility index (Phi) is 5.31. The van der Waals surface area contributed by atoms with Gasteiger partial charge < -0.3 is 10.0 Å². The Labute approximate surface area is 170 Å². The van der Waals surface area contributed by atoms with E-state index in [0.717, 1.165) is 0 Å². The zero-order valence-corrected chi connectivity index (χ0v) is 16.1. The van der Waals surface area contributed by atoms with Crippen LogP contribution in [0.1, 0.15) is 24.8 Å². The largest absolute Gasteiger partial charge is 0.480 e. The van der Waals surface area contributed by atoms with E-state index in [1.54, 1.807) is 0 Å². The number of carbonyl (C=O) groups is 2. The van der Waals surface area contributed by atoms with Crippen molar-refractivity contribution in [2.45, 2.75) is 47.8 Å². The molecule has 1 aliphatic carbocycles. The average molecular weight is 477 g/mol. The SMILES string of the molecule is O=C(O)[C@@H]1C[C@@H](S(=O)(=O)c2ccc(F)cc2C(F)(F)F)CN1C(=O)C1(C(F)(F)F)CC1. The van der Waals surface area contributed by atoms with Crippen molar-refractivity contribution in [1.82, 2.24) is 4.90 Å². The van der Waals surface area contributed by atoms with E-state index in [0.29, 0.717) is 12.1 Å². The van der Waals surface area contributed by atoms with Crippen LogP contribution in [0.15, 0.2) is 23.1 Å². The zero-order valence-electron chi connectivity index (χ0n) is 15.3. The van der Waals surface area contributed by atoms with Gasteiger partial charge in [0.05, 0.1) is 15.7 Å². The standard InChI is InChI=1S/C17H14F7NO5S/c18-8-1-2-12(10(5-8)16(19,20)21)31(29,30)9-6-11(13(26)27)25(7-9)14(28)15(3-4-15)17(22,23)24/h1-2,5,9,11H,3-4,6-7H2,(H,26,27)/t9-,11+/m1/s1. The van der Waals surface area contributed by atoms with Gasteiger partial charge >= 0.3 is 18.3 Å². The van der Waals surface area contributed by atoms with Crippen molar-refractivity contribution in [3.63, 3.8) is 0 Å². The Bertz CT molecular complexity index is 1030. The Balaban J connectivity index is 2.00. The molecule has 3 rings (SSSR count). The van der Waals surface area contributed by atoms with Crippen LogP contribution < -0.4 is 0 Å². The van der Waals surface area contributed by atoms with E-state index in [1.165, 1.54) is 0 Å². The number of benzene rings is 1. The highest BCUT2D eigenvalue weighted by Crippen LogP contribution is 2.59. The van der Waals surface area contributed by atoms with E-state index in [2.05, 4.69) is 0 Å². The second-order valence-corrected chi connectivity index (χ2v) is 9.63. The van der Waals surface area contributed by atoms with Gasteiger partial charge in [-0.15, -0.1) is 0 Å². The molecular formula is C17H14F7NO5S. The summed E-state index contributed by atoms with van der Waals surface area (Å²) in [4.78, 5) is 22.9. The highest BCUT2D eigenvalue weighted by Gasteiger charge is 2.70. The lowest BCUT2D eigenvalue weighted by Crippen LogP contribution is -2.48. The zero-order chi connectivity index (χ0) is 23.6. The van der Waals surface area contributed by atoms with Gasteiger partial charge in [-0.25, -0.2) is 17.6 Å². The van der Waals surface area contributed by atoms with E-state index >= 15 is 0 Å². The number of nitrogens with zero attached hydrogens (tertiary/aromatic N) is 1. The van der Waals surface area contributed by atoms with Crippen molar-refractivity contribution >= 4 is 21.7 Å². The Morgan fingerprint density at radius 2 is 1.68 bits per heavy atom. The van der Waals surface area contributed by atoms with E-state index in [4.69, 9.17) is 0 Å². The number of sulfone groups is 1. The number of rotatable bonds is 4. The molecule has 0 radical (unpaired) electrons. The van der Waals surface area contributed by atoms with Crippen LogP contribution in [-0.4, -0.2) is 54.3 Å². The molecule has 31 heavy (non-hydrogen) atoms. The summed E-state index contributed by atoms with van der Waals surface area (Å²) < 4.78 is 118. The summed E-state index contributed by atoms with van der Waals surface area (Å²) in [6.45, 7) is -1.04. The van der Waals surface area contributed by atoms with Crippen LogP contribution >= 0.6 is 0 Å². The number of halogens is 7. The predicted molar refractivity (Wildman–Crippen MR) is 87.9 cm³/mol. The first-order valence-electron chi connectivity index (χ1n) is 8.73. The van der Waals surface area contributed by atoms with Gasteiger partial charge in [0.1, 0.15) is 17.3 Å². The molecule has 1 aromatic rings. The first kappa shape index (κ1) is 23.3. The highest BCUT2D eigenvalue weighted by molar-refractivity contribution is 7.92. The minimum absolute atomic E-state index is 0.0533. The van der Waals surface area contributed by atoms with Crippen LogP contribution in [0.5, 0.6) is 0 Å². The number of carboxylic acids is 1. The molecule has 1 N–H and O–H groups in total. The van der Waals surface area contributed by atoms with Gasteiger partial charge in [-0.1, -0.05) is 0 Å². The van der Waals surface area contributed by atoms with Gasteiger partial charge in [-0.3, -0.25) is 4.79 Å². The summed E-state index contributed by atoms with van der Waals surface area (Å²) in [5, 5.41) is 7.37. The number of amides is 1. The summed E-state index contributed by atoms with van der Waals surface area (Å²) in [5.74, 6) is -4.79. The fourth-order valence-electron chi connectivity index (χ4n) is 3.65. The lowest BCUT2D eigenvalue weighted by Gasteiger charge is -2.28. The van der Waals surface area contributed by atoms with Gasteiger partial charge in [0.15, 0.2) is 9.84 Å². The maximum Gasteiger partial charge on any atom is 0.417 e. The minimum atomic E-state index is -5.28. The van der Waals surface area contributed by atoms with Crippen molar-refractivity contribution in [3.8, 4) is 0 Å². The average Bonchev–Trinajstić information content (AvgIpc) is 3.32. The molecule has 1 saturated heterocycles. The molecule has 0 aromatic heterocycles. The van der Waals surface area contributed by atoms with Gasteiger partial charge in [0.2, 0.25) is 5.91 Å². The third-order valence-corrected chi connectivity index (χ3v) is 7.69. The number of likely N-dealkylation sites (tertiary alicyclic amines) is 1. The molecule has 1 saturated carbocycles. The summed E-state index contributed by atoms with van der Waals surface area (Å²) >= 11 is 0. The van der Waals surface area contributed by atoms with Crippen molar-refractivity contribution in [3.05, 3.63) is 29.6 Å². The molecule has 0 bridgehead atoms. The van der Waals surface area contributed by atoms with Crippen LogP contribution in [0, 0.1) is 11.2 Å². The Morgan fingerprint density at radius 3 is 2.13 bits per heavy atom. The second kappa shape index (κ2) is 7.07. The quantitative estimate of drug-likeness (QED) is 0.532. The lowest BCUT2D eigenvalue weighted by molar-refractivity contribution is -0.199. The van der Waals surface area contributed by atoms with Crippen LogP contribution in [-0.2, 0) is 25.6 Å². The Morgan fingerprint density at radius 1 is 1.10 bits per heavy atom. The Hall–Kier alpha value is -2.38. The lowest BCUT2D eigenvalue weighted by atomic mass is 10.0. The molecule has 1 aromatic carbocycles. The third kappa shape index (κ3) is 3.85. The topological polar surface area (TPSA) is 91.8 Å². The molecule has 172 valence electrons. The molecule has 2 aliphatic rings. The molecule has 1 heterocycles. The van der Waals surface area contributed by atoms with E-state index < -0.39 is 92.9 Å². The molecule has 2 fully saturated rings. The molecule has 1 amide bonds. The van der Waals surface area contributed by atoms with Gasteiger partial charge in [-0.05, 0) is 37.5 Å². The van der Waals surface area contributed by atoms with Crippen LogP contribution in [0.25, 0.3) is 0 Å². The predicted octanol–water partition coefficient (Wildman–Crippen LogP) is 3.01. The van der Waals surface area contributed by atoms with Crippen LogP contribution in [0.2, 0.25) is 0 Å².